The molecule has 0 radical (unpaired) electrons. The molecule has 3 nitrogen and oxygen atoms in total. The highest BCUT2D eigenvalue weighted by Crippen LogP contribution is 2.28. The van der Waals surface area contributed by atoms with Crippen LogP contribution in [0.15, 0.2) is 18.2 Å². The third-order valence-electron chi connectivity index (χ3n) is 2.58. The second kappa shape index (κ2) is 6.72. The van der Waals surface area contributed by atoms with Crippen LogP contribution < -0.4 is 15.0 Å². The molecule has 0 amide bonds. The highest BCUT2D eigenvalue weighted by Gasteiger charge is 2.05. The van der Waals surface area contributed by atoms with Crippen molar-refractivity contribution in [2.45, 2.75) is 19.9 Å². The average molecular weight is 257 g/mol. The number of anilines is 1. The quantitative estimate of drug-likeness (QED) is 0.847. The summed E-state index contributed by atoms with van der Waals surface area (Å²) < 4.78 is 5.13. The van der Waals surface area contributed by atoms with Crippen molar-refractivity contribution >= 4 is 17.3 Å². The summed E-state index contributed by atoms with van der Waals surface area (Å²) >= 11 is 6.09. The van der Waals surface area contributed by atoms with Crippen LogP contribution in [0.4, 0.5) is 5.69 Å². The van der Waals surface area contributed by atoms with E-state index in [0.717, 1.165) is 18.8 Å². The lowest BCUT2D eigenvalue weighted by atomic mass is 10.2. The monoisotopic (exact) mass is 256 g/mol. The molecule has 96 valence electrons. The van der Waals surface area contributed by atoms with Gasteiger partial charge in [0.15, 0.2) is 0 Å². The molecule has 0 aromatic heterocycles. The minimum absolute atomic E-state index is 0.517. The van der Waals surface area contributed by atoms with Gasteiger partial charge in [-0.25, -0.2) is 0 Å². The second-order valence-electron chi connectivity index (χ2n) is 4.35. The van der Waals surface area contributed by atoms with Crippen LogP contribution in [0.2, 0.25) is 5.02 Å². The summed E-state index contributed by atoms with van der Waals surface area (Å²) in [4.78, 5) is 2.17. The van der Waals surface area contributed by atoms with E-state index < -0.39 is 0 Å². The van der Waals surface area contributed by atoms with Gasteiger partial charge >= 0.3 is 0 Å². The summed E-state index contributed by atoms with van der Waals surface area (Å²) in [6, 6.07) is 6.35. The molecule has 1 aromatic carbocycles. The molecular formula is C13H21ClN2O. The lowest BCUT2D eigenvalue weighted by molar-refractivity contribution is 0.415. The molecule has 0 atom stereocenters. The van der Waals surface area contributed by atoms with Gasteiger partial charge in [0.1, 0.15) is 5.75 Å². The van der Waals surface area contributed by atoms with E-state index in [0.29, 0.717) is 16.8 Å². The first kappa shape index (κ1) is 14.1. The third-order valence-corrected chi connectivity index (χ3v) is 2.87. The molecule has 17 heavy (non-hydrogen) atoms. The fourth-order valence-corrected chi connectivity index (χ4v) is 1.79. The Morgan fingerprint density at radius 1 is 1.41 bits per heavy atom. The van der Waals surface area contributed by atoms with Crippen molar-refractivity contribution in [3.05, 3.63) is 23.2 Å². The van der Waals surface area contributed by atoms with E-state index in [1.807, 2.05) is 18.2 Å². The van der Waals surface area contributed by atoms with E-state index in [9.17, 15) is 0 Å². The predicted octanol–water partition coefficient (Wildman–Crippen LogP) is 2.78. The number of likely N-dealkylation sites (N-methyl/N-ethyl adjacent to an activating group) is 1. The van der Waals surface area contributed by atoms with Crippen molar-refractivity contribution < 1.29 is 4.74 Å². The Morgan fingerprint density at radius 2 is 2.12 bits per heavy atom. The SMILES string of the molecule is COc1ccc(N(C)CCNC(C)C)cc1Cl. The van der Waals surface area contributed by atoms with E-state index in [2.05, 4.69) is 31.1 Å². The Hall–Kier alpha value is -0.930. The van der Waals surface area contributed by atoms with E-state index in [1.165, 1.54) is 0 Å². The molecule has 0 aliphatic carbocycles. The van der Waals surface area contributed by atoms with Crippen molar-refractivity contribution in [1.29, 1.82) is 0 Å². The highest BCUT2D eigenvalue weighted by atomic mass is 35.5. The molecule has 0 unspecified atom stereocenters. The van der Waals surface area contributed by atoms with Gasteiger partial charge in [0.05, 0.1) is 12.1 Å². The summed E-state index contributed by atoms with van der Waals surface area (Å²) in [6.45, 7) is 6.19. The fourth-order valence-electron chi connectivity index (χ4n) is 1.54. The molecule has 0 spiro atoms. The number of hydrogen-bond acceptors (Lipinski definition) is 3. The van der Waals surface area contributed by atoms with Crippen molar-refractivity contribution in [2.75, 3.05) is 32.1 Å². The van der Waals surface area contributed by atoms with Crippen molar-refractivity contribution in [3.8, 4) is 5.75 Å². The Bertz CT molecular complexity index is 355. The van der Waals surface area contributed by atoms with Gasteiger partial charge in [-0.1, -0.05) is 25.4 Å². The number of nitrogens with one attached hydrogen (secondary N) is 1. The van der Waals surface area contributed by atoms with Crippen LogP contribution in [0.1, 0.15) is 13.8 Å². The van der Waals surface area contributed by atoms with Gasteiger partial charge in [0, 0.05) is 31.9 Å². The van der Waals surface area contributed by atoms with Gasteiger partial charge in [-0.3, -0.25) is 0 Å². The number of hydrogen-bond donors (Lipinski definition) is 1. The molecule has 1 aromatic rings. The van der Waals surface area contributed by atoms with Gasteiger partial charge in [-0.05, 0) is 18.2 Å². The van der Waals surface area contributed by atoms with Gasteiger partial charge < -0.3 is 15.0 Å². The largest absolute Gasteiger partial charge is 0.495 e. The average Bonchev–Trinajstić information content (AvgIpc) is 2.28. The van der Waals surface area contributed by atoms with Crippen LogP contribution >= 0.6 is 11.6 Å². The summed E-state index contributed by atoms with van der Waals surface area (Å²) in [5, 5.41) is 4.03. The lowest BCUT2D eigenvalue weighted by Gasteiger charge is -2.21. The van der Waals surface area contributed by atoms with Crippen LogP contribution in [0.25, 0.3) is 0 Å². The Morgan fingerprint density at radius 3 is 2.65 bits per heavy atom. The molecule has 0 aliphatic heterocycles. The maximum Gasteiger partial charge on any atom is 0.137 e. The Balaban J connectivity index is 2.57. The smallest absolute Gasteiger partial charge is 0.137 e. The third kappa shape index (κ3) is 4.44. The fraction of sp³-hybridized carbons (Fsp3) is 0.538. The summed E-state index contributed by atoms with van der Waals surface area (Å²) in [7, 11) is 3.68. The minimum atomic E-state index is 0.517. The number of nitrogens with zero attached hydrogens (tertiary/aromatic N) is 1. The van der Waals surface area contributed by atoms with Gasteiger partial charge in [0.25, 0.3) is 0 Å². The van der Waals surface area contributed by atoms with Crippen molar-refractivity contribution in [1.82, 2.24) is 5.32 Å². The maximum atomic E-state index is 6.09. The number of benzene rings is 1. The van der Waals surface area contributed by atoms with E-state index in [-0.39, 0.29) is 0 Å². The van der Waals surface area contributed by atoms with E-state index >= 15 is 0 Å². The maximum absolute atomic E-state index is 6.09. The first-order valence-electron chi connectivity index (χ1n) is 5.82. The summed E-state index contributed by atoms with van der Waals surface area (Å²) in [5.74, 6) is 0.712. The van der Waals surface area contributed by atoms with Gasteiger partial charge in [-0.2, -0.15) is 0 Å². The highest BCUT2D eigenvalue weighted by molar-refractivity contribution is 6.32. The number of ether oxygens (including phenoxy) is 1. The van der Waals surface area contributed by atoms with Gasteiger partial charge in [0.2, 0.25) is 0 Å². The normalized spacial score (nSPS) is 10.7. The molecule has 1 rings (SSSR count). The molecule has 0 saturated heterocycles. The van der Waals surface area contributed by atoms with Crippen LogP contribution in [0.5, 0.6) is 5.75 Å². The van der Waals surface area contributed by atoms with Crippen LogP contribution in [-0.2, 0) is 0 Å². The zero-order valence-corrected chi connectivity index (χ0v) is 11.7. The Labute approximate surface area is 109 Å². The van der Waals surface area contributed by atoms with Crippen LogP contribution in [-0.4, -0.2) is 33.3 Å². The molecule has 0 fully saturated rings. The van der Waals surface area contributed by atoms with Crippen molar-refractivity contribution in [2.24, 2.45) is 0 Å². The van der Waals surface area contributed by atoms with Crippen molar-refractivity contribution in [3.63, 3.8) is 0 Å². The Kier molecular flexibility index (Phi) is 5.59. The number of methoxy groups -OCH3 is 1. The molecule has 0 heterocycles. The standard InChI is InChI=1S/C13H21ClN2O/c1-10(2)15-7-8-16(3)11-5-6-13(17-4)12(14)9-11/h5-6,9-10,15H,7-8H2,1-4H3. The van der Waals surface area contributed by atoms with Crippen LogP contribution in [0.3, 0.4) is 0 Å². The first-order valence-corrected chi connectivity index (χ1v) is 6.20. The topological polar surface area (TPSA) is 24.5 Å². The zero-order valence-electron chi connectivity index (χ0n) is 11.0. The molecule has 1 N–H and O–H groups in total. The molecular weight excluding hydrogens is 236 g/mol. The zero-order chi connectivity index (χ0) is 12.8. The predicted molar refractivity (Wildman–Crippen MR) is 74.4 cm³/mol. The summed E-state index contributed by atoms with van der Waals surface area (Å²) in [5.41, 5.74) is 1.10. The lowest BCUT2D eigenvalue weighted by Crippen LogP contribution is -2.32. The van der Waals surface area contributed by atoms with E-state index in [1.54, 1.807) is 7.11 Å². The van der Waals surface area contributed by atoms with Crippen LogP contribution in [0, 0.1) is 0 Å². The number of rotatable bonds is 6. The molecule has 0 aliphatic rings. The first-order chi connectivity index (χ1) is 8.04. The minimum Gasteiger partial charge on any atom is -0.495 e. The number of halogens is 1. The summed E-state index contributed by atoms with van der Waals surface area (Å²) in [6.07, 6.45) is 0. The second-order valence-corrected chi connectivity index (χ2v) is 4.76. The van der Waals surface area contributed by atoms with E-state index in [4.69, 9.17) is 16.3 Å². The molecule has 0 saturated carbocycles. The van der Waals surface area contributed by atoms with Gasteiger partial charge in [-0.15, -0.1) is 0 Å². The molecule has 4 heteroatoms. The molecule has 0 bridgehead atoms.